The molecule has 0 amide bonds. The molecule has 0 saturated carbocycles. The molecule has 1 aromatic rings. The van der Waals surface area contributed by atoms with Gasteiger partial charge in [-0.25, -0.2) is 0 Å². The monoisotopic (exact) mass is 254 g/mol. The molecule has 0 N–H and O–H groups in total. The van der Waals surface area contributed by atoms with E-state index in [-0.39, 0.29) is 0 Å². The minimum absolute atomic E-state index is 0.350. The van der Waals surface area contributed by atoms with E-state index >= 15 is 0 Å². The number of hydrogen-bond acceptors (Lipinski definition) is 0. The first-order valence-corrected chi connectivity index (χ1v) is 7.45. The van der Waals surface area contributed by atoms with E-state index in [1.165, 1.54) is 23.1 Å². The lowest BCUT2D eigenvalue weighted by Crippen LogP contribution is -2.26. The van der Waals surface area contributed by atoms with Crippen LogP contribution < -0.4 is 0 Å². The molecule has 0 radical (unpaired) electrons. The summed E-state index contributed by atoms with van der Waals surface area (Å²) in [6.45, 7) is 11.4. The van der Waals surface area contributed by atoms with Gasteiger partial charge in [0.05, 0.1) is 0 Å². The van der Waals surface area contributed by atoms with Gasteiger partial charge in [0.25, 0.3) is 0 Å². The van der Waals surface area contributed by atoms with Crippen molar-refractivity contribution >= 4 is 5.57 Å². The summed E-state index contributed by atoms with van der Waals surface area (Å²) in [4.78, 5) is 0. The average molecular weight is 254 g/mol. The second-order valence-electron chi connectivity index (χ2n) is 6.11. The Kier molecular flexibility index (Phi) is 3.99. The van der Waals surface area contributed by atoms with Crippen LogP contribution in [0.25, 0.3) is 5.57 Å². The fraction of sp³-hybridized carbons (Fsp3) is 0.474. The normalized spacial score (nSPS) is 29.4. The topological polar surface area (TPSA) is 0 Å². The van der Waals surface area contributed by atoms with E-state index < -0.39 is 0 Å². The zero-order valence-corrected chi connectivity index (χ0v) is 13.0. The van der Waals surface area contributed by atoms with Crippen molar-refractivity contribution in [2.75, 3.05) is 0 Å². The molecule has 2 atom stereocenters. The lowest BCUT2D eigenvalue weighted by molar-refractivity contribution is 0.352. The van der Waals surface area contributed by atoms with Crippen molar-refractivity contribution < 1.29 is 0 Å². The molecule has 19 heavy (non-hydrogen) atoms. The minimum Gasteiger partial charge on any atom is -0.0873 e. The standard InChI is InChI=1S/C19H26/c1-6-18-15(4)17(12-13-19(18,5)7-2)16-10-8-14(3)9-11-16/h6,8-12,15H,7,13H2,1-5H3/b18-6-. The number of rotatable bonds is 2. The second kappa shape index (κ2) is 5.36. The highest BCUT2D eigenvalue weighted by molar-refractivity contribution is 5.71. The highest BCUT2D eigenvalue weighted by atomic mass is 14.4. The van der Waals surface area contributed by atoms with Crippen molar-refractivity contribution in [1.82, 2.24) is 0 Å². The molecule has 1 aliphatic rings. The van der Waals surface area contributed by atoms with Gasteiger partial charge in [0, 0.05) is 5.92 Å². The van der Waals surface area contributed by atoms with Crippen LogP contribution in [0.5, 0.6) is 0 Å². The van der Waals surface area contributed by atoms with Gasteiger partial charge in [-0.3, -0.25) is 0 Å². The molecule has 0 spiro atoms. The fourth-order valence-corrected chi connectivity index (χ4v) is 3.38. The van der Waals surface area contributed by atoms with E-state index in [9.17, 15) is 0 Å². The van der Waals surface area contributed by atoms with Crippen molar-refractivity contribution in [3.63, 3.8) is 0 Å². The first kappa shape index (κ1) is 14.1. The molecule has 102 valence electrons. The number of hydrogen-bond donors (Lipinski definition) is 0. The van der Waals surface area contributed by atoms with Crippen molar-refractivity contribution in [1.29, 1.82) is 0 Å². The van der Waals surface area contributed by atoms with Crippen molar-refractivity contribution in [3.05, 3.63) is 53.1 Å². The summed E-state index contributed by atoms with van der Waals surface area (Å²) in [6, 6.07) is 8.96. The van der Waals surface area contributed by atoms with E-state index in [0.717, 1.165) is 6.42 Å². The molecule has 2 unspecified atom stereocenters. The van der Waals surface area contributed by atoms with Crippen LogP contribution in [-0.4, -0.2) is 0 Å². The maximum Gasteiger partial charge on any atom is 0.00280 e. The molecular formula is C19H26. The van der Waals surface area contributed by atoms with Gasteiger partial charge in [0.2, 0.25) is 0 Å². The van der Waals surface area contributed by atoms with Crippen LogP contribution in [0.2, 0.25) is 0 Å². The van der Waals surface area contributed by atoms with Crippen molar-refractivity contribution in [2.24, 2.45) is 11.3 Å². The smallest absolute Gasteiger partial charge is 0.00280 e. The number of aryl methyl sites for hydroxylation is 1. The van der Waals surface area contributed by atoms with Gasteiger partial charge >= 0.3 is 0 Å². The largest absolute Gasteiger partial charge is 0.0873 e. The van der Waals surface area contributed by atoms with Gasteiger partial charge in [-0.2, -0.15) is 0 Å². The van der Waals surface area contributed by atoms with Gasteiger partial charge < -0.3 is 0 Å². The van der Waals surface area contributed by atoms with E-state index in [1.807, 2.05) is 0 Å². The van der Waals surface area contributed by atoms with E-state index in [0.29, 0.717) is 11.3 Å². The highest BCUT2D eigenvalue weighted by Gasteiger charge is 2.34. The molecule has 0 heteroatoms. The number of benzene rings is 1. The molecule has 0 saturated heterocycles. The van der Waals surface area contributed by atoms with Crippen molar-refractivity contribution in [3.8, 4) is 0 Å². The van der Waals surface area contributed by atoms with Crippen LogP contribution in [0.15, 0.2) is 42.0 Å². The van der Waals surface area contributed by atoms with Gasteiger partial charge in [0.1, 0.15) is 0 Å². The second-order valence-corrected chi connectivity index (χ2v) is 6.11. The molecular weight excluding hydrogens is 228 g/mol. The lowest BCUT2D eigenvalue weighted by atomic mass is 9.65. The number of allylic oxidation sites excluding steroid dienone is 4. The Morgan fingerprint density at radius 1 is 1.26 bits per heavy atom. The third-order valence-electron chi connectivity index (χ3n) is 4.88. The minimum atomic E-state index is 0.350. The Balaban J connectivity index is 2.41. The zero-order chi connectivity index (χ0) is 14.0. The Morgan fingerprint density at radius 2 is 1.89 bits per heavy atom. The highest BCUT2D eigenvalue weighted by Crippen LogP contribution is 2.48. The third-order valence-corrected chi connectivity index (χ3v) is 4.88. The molecule has 1 aromatic carbocycles. The predicted molar refractivity (Wildman–Crippen MR) is 85.1 cm³/mol. The van der Waals surface area contributed by atoms with Gasteiger partial charge in [-0.15, -0.1) is 0 Å². The third kappa shape index (κ3) is 2.54. The average Bonchev–Trinajstić information content (AvgIpc) is 2.41. The Hall–Kier alpha value is -1.30. The predicted octanol–water partition coefficient (Wildman–Crippen LogP) is 5.78. The molecule has 2 rings (SSSR count). The first-order valence-electron chi connectivity index (χ1n) is 7.45. The van der Waals surface area contributed by atoms with Crippen molar-refractivity contribution in [2.45, 2.75) is 47.5 Å². The van der Waals surface area contributed by atoms with Crippen LogP contribution in [0.3, 0.4) is 0 Å². The SMILES string of the molecule is C/C=C1/C(C)C(c2ccc(C)cc2)=CCC1(C)CC. The van der Waals surface area contributed by atoms with Gasteiger partial charge in [0.15, 0.2) is 0 Å². The molecule has 0 bridgehead atoms. The summed E-state index contributed by atoms with van der Waals surface area (Å²) in [7, 11) is 0. The molecule has 1 aliphatic carbocycles. The molecule has 0 aliphatic heterocycles. The maximum atomic E-state index is 2.46. The maximum absolute atomic E-state index is 2.46. The van der Waals surface area contributed by atoms with Crippen LogP contribution in [0.4, 0.5) is 0 Å². The van der Waals surface area contributed by atoms with E-state index in [2.05, 4.69) is 71.0 Å². The van der Waals surface area contributed by atoms with Crippen LogP contribution in [0.1, 0.15) is 51.7 Å². The van der Waals surface area contributed by atoms with E-state index in [1.54, 1.807) is 5.57 Å². The summed E-state index contributed by atoms with van der Waals surface area (Å²) in [5.74, 6) is 0.534. The summed E-state index contributed by atoms with van der Waals surface area (Å²) in [5, 5.41) is 0. The molecule has 0 aromatic heterocycles. The summed E-state index contributed by atoms with van der Waals surface area (Å²) in [6.07, 6.45) is 7.19. The summed E-state index contributed by atoms with van der Waals surface area (Å²) in [5.41, 5.74) is 6.17. The molecule has 0 nitrogen and oxygen atoms in total. The van der Waals surface area contributed by atoms with Crippen LogP contribution in [0, 0.1) is 18.3 Å². The first-order chi connectivity index (χ1) is 9.01. The lowest BCUT2D eigenvalue weighted by Gasteiger charge is -2.39. The Bertz CT molecular complexity index is 501. The summed E-state index contributed by atoms with van der Waals surface area (Å²) < 4.78 is 0. The Labute approximate surface area is 118 Å². The van der Waals surface area contributed by atoms with Crippen LogP contribution in [-0.2, 0) is 0 Å². The van der Waals surface area contributed by atoms with E-state index in [4.69, 9.17) is 0 Å². The molecule has 0 fully saturated rings. The van der Waals surface area contributed by atoms with Crippen LogP contribution >= 0.6 is 0 Å². The fourth-order valence-electron chi connectivity index (χ4n) is 3.38. The van der Waals surface area contributed by atoms with Gasteiger partial charge in [-0.1, -0.05) is 68.3 Å². The Morgan fingerprint density at radius 3 is 2.42 bits per heavy atom. The molecule has 0 heterocycles. The summed E-state index contributed by atoms with van der Waals surface area (Å²) >= 11 is 0. The van der Waals surface area contributed by atoms with Gasteiger partial charge in [-0.05, 0) is 43.2 Å². The zero-order valence-electron chi connectivity index (χ0n) is 13.0. The quantitative estimate of drug-likeness (QED) is 0.587.